The number of rotatable bonds is 8. The molecule has 0 saturated carbocycles. The average molecular weight is 421 g/mol. The van der Waals surface area contributed by atoms with E-state index in [0.29, 0.717) is 17.7 Å². The van der Waals surface area contributed by atoms with E-state index in [2.05, 4.69) is 16.0 Å². The van der Waals surface area contributed by atoms with Crippen molar-refractivity contribution in [3.63, 3.8) is 0 Å². The van der Waals surface area contributed by atoms with Crippen LogP contribution < -0.4 is 16.0 Å². The minimum atomic E-state index is -4.43. The summed E-state index contributed by atoms with van der Waals surface area (Å²) in [6, 6.07) is 10.6. The van der Waals surface area contributed by atoms with E-state index in [9.17, 15) is 22.8 Å². The number of amides is 3. The Hall–Kier alpha value is -3.03. The number of carbonyl (C=O) groups excluding carboxylic acids is 2. The average Bonchev–Trinajstić information content (AvgIpc) is 2.72. The van der Waals surface area contributed by atoms with Crippen molar-refractivity contribution in [2.75, 3.05) is 6.54 Å². The van der Waals surface area contributed by atoms with Crippen molar-refractivity contribution in [1.82, 2.24) is 16.0 Å². The molecular weight excluding hydrogens is 395 g/mol. The monoisotopic (exact) mass is 421 g/mol. The predicted molar refractivity (Wildman–Crippen MR) is 109 cm³/mol. The molecule has 0 bridgehead atoms. The Kier molecular flexibility index (Phi) is 8.26. The number of carbonyl (C=O) groups is 2. The largest absolute Gasteiger partial charge is 0.416 e. The Morgan fingerprint density at radius 2 is 1.73 bits per heavy atom. The molecule has 0 aliphatic rings. The highest BCUT2D eigenvalue weighted by molar-refractivity contribution is 5.94. The molecule has 0 saturated heterocycles. The van der Waals surface area contributed by atoms with Crippen LogP contribution in [0.15, 0.2) is 48.5 Å². The van der Waals surface area contributed by atoms with Crippen LogP contribution in [-0.2, 0) is 12.7 Å². The van der Waals surface area contributed by atoms with Gasteiger partial charge in [-0.25, -0.2) is 4.79 Å². The van der Waals surface area contributed by atoms with E-state index in [0.717, 1.165) is 30.5 Å². The molecule has 0 aromatic heterocycles. The van der Waals surface area contributed by atoms with Gasteiger partial charge in [0.05, 0.1) is 11.6 Å². The molecular formula is C22H26F3N3O2. The summed E-state index contributed by atoms with van der Waals surface area (Å²) in [6.45, 7) is 4.51. The van der Waals surface area contributed by atoms with Gasteiger partial charge in [0.25, 0.3) is 5.91 Å². The normalized spacial score (nSPS) is 12.2. The molecule has 2 rings (SSSR count). The Morgan fingerprint density at radius 3 is 2.37 bits per heavy atom. The maximum atomic E-state index is 12.8. The van der Waals surface area contributed by atoms with E-state index < -0.39 is 23.8 Å². The van der Waals surface area contributed by atoms with Crippen LogP contribution in [0.4, 0.5) is 18.0 Å². The summed E-state index contributed by atoms with van der Waals surface area (Å²) in [5.74, 6) is -0.143. The molecule has 1 unspecified atom stereocenters. The molecule has 0 heterocycles. The highest BCUT2D eigenvalue weighted by Crippen LogP contribution is 2.30. The Balaban J connectivity index is 1.85. The van der Waals surface area contributed by atoms with E-state index in [4.69, 9.17) is 0 Å². The molecule has 2 aromatic carbocycles. The second kappa shape index (κ2) is 10.7. The maximum absolute atomic E-state index is 12.8. The Bertz CT molecular complexity index is 851. The number of benzene rings is 2. The van der Waals surface area contributed by atoms with Gasteiger partial charge < -0.3 is 16.0 Å². The van der Waals surface area contributed by atoms with Crippen LogP contribution in [0.5, 0.6) is 0 Å². The number of alkyl halides is 3. The van der Waals surface area contributed by atoms with Gasteiger partial charge in [-0.3, -0.25) is 4.79 Å². The number of nitrogens with one attached hydrogen (secondary N) is 3. The molecule has 2 aromatic rings. The van der Waals surface area contributed by atoms with E-state index in [1.165, 1.54) is 12.1 Å². The molecule has 5 nitrogen and oxygen atoms in total. The third kappa shape index (κ3) is 7.09. The van der Waals surface area contributed by atoms with Gasteiger partial charge in [0.2, 0.25) is 0 Å². The van der Waals surface area contributed by atoms with Crippen LogP contribution in [0, 0.1) is 0 Å². The van der Waals surface area contributed by atoms with Gasteiger partial charge in [0, 0.05) is 18.7 Å². The minimum Gasteiger partial charge on any atom is -0.352 e. The first kappa shape index (κ1) is 23.3. The zero-order valence-corrected chi connectivity index (χ0v) is 17.0. The van der Waals surface area contributed by atoms with Crippen molar-refractivity contribution in [2.45, 2.75) is 45.5 Å². The molecule has 3 N–H and O–H groups in total. The molecule has 8 heteroatoms. The van der Waals surface area contributed by atoms with E-state index in [1.807, 2.05) is 6.92 Å². The zero-order valence-electron chi connectivity index (χ0n) is 17.0. The fourth-order valence-corrected chi connectivity index (χ4v) is 2.75. The van der Waals surface area contributed by atoms with Crippen LogP contribution in [-0.4, -0.2) is 18.5 Å². The van der Waals surface area contributed by atoms with Crippen LogP contribution >= 0.6 is 0 Å². The molecule has 0 radical (unpaired) electrons. The molecule has 0 aliphatic heterocycles. The van der Waals surface area contributed by atoms with Gasteiger partial charge in [-0.2, -0.15) is 13.2 Å². The minimum absolute atomic E-state index is 0.143. The van der Waals surface area contributed by atoms with E-state index >= 15 is 0 Å². The molecule has 0 spiro atoms. The lowest BCUT2D eigenvalue weighted by molar-refractivity contribution is -0.137. The van der Waals surface area contributed by atoms with E-state index in [-0.39, 0.29) is 12.5 Å². The number of halogens is 3. The van der Waals surface area contributed by atoms with Gasteiger partial charge in [0.1, 0.15) is 0 Å². The summed E-state index contributed by atoms with van der Waals surface area (Å²) in [5, 5.41) is 8.11. The Labute approximate surface area is 174 Å². The standard InChI is InChI=1S/C22H26F3N3O2/c1-3-4-12-26-20(29)17-10-8-16(9-11-17)14-27-21(30)28-15(2)18-6-5-7-19(13-18)22(23,24)25/h5-11,13,15H,3-4,12,14H2,1-2H3,(H,26,29)(H2,27,28,30). The number of unbranched alkanes of at least 4 members (excludes halogenated alkanes) is 1. The first-order valence-corrected chi connectivity index (χ1v) is 9.79. The smallest absolute Gasteiger partial charge is 0.352 e. The summed E-state index contributed by atoms with van der Waals surface area (Å²) in [7, 11) is 0. The highest BCUT2D eigenvalue weighted by Gasteiger charge is 2.30. The molecule has 0 fully saturated rings. The van der Waals surface area contributed by atoms with Crippen molar-refractivity contribution < 1.29 is 22.8 Å². The molecule has 162 valence electrons. The summed E-state index contributed by atoms with van der Waals surface area (Å²) in [5.41, 5.74) is 0.936. The van der Waals surface area contributed by atoms with Gasteiger partial charge in [-0.1, -0.05) is 37.6 Å². The lowest BCUT2D eigenvalue weighted by atomic mass is 10.1. The third-order valence-corrected chi connectivity index (χ3v) is 4.55. The first-order valence-electron chi connectivity index (χ1n) is 9.79. The third-order valence-electron chi connectivity index (χ3n) is 4.55. The van der Waals surface area contributed by atoms with Crippen molar-refractivity contribution in [2.24, 2.45) is 0 Å². The van der Waals surface area contributed by atoms with E-state index in [1.54, 1.807) is 31.2 Å². The van der Waals surface area contributed by atoms with Crippen molar-refractivity contribution in [3.8, 4) is 0 Å². The second-order valence-electron chi connectivity index (χ2n) is 6.98. The second-order valence-corrected chi connectivity index (χ2v) is 6.98. The SMILES string of the molecule is CCCCNC(=O)c1ccc(CNC(=O)NC(C)c2cccc(C(F)(F)F)c2)cc1. The first-order chi connectivity index (χ1) is 14.2. The fourth-order valence-electron chi connectivity index (χ4n) is 2.75. The predicted octanol–water partition coefficient (Wildman–Crippen LogP) is 4.80. The Morgan fingerprint density at radius 1 is 1.03 bits per heavy atom. The van der Waals surface area contributed by atoms with Crippen molar-refractivity contribution in [3.05, 3.63) is 70.8 Å². The van der Waals surface area contributed by atoms with Gasteiger partial charge in [0.15, 0.2) is 0 Å². The summed E-state index contributed by atoms with van der Waals surface area (Å²) < 4.78 is 38.5. The van der Waals surface area contributed by atoms with Crippen LogP contribution in [0.2, 0.25) is 0 Å². The molecule has 0 aliphatic carbocycles. The quantitative estimate of drug-likeness (QED) is 0.536. The molecule has 30 heavy (non-hydrogen) atoms. The molecule has 1 atom stereocenters. The van der Waals surface area contributed by atoms with Gasteiger partial charge in [-0.05, 0) is 48.7 Å². The summed E-state index contributed by atoms with van der Waals surface area (Å²) in [4.78, 5) is 24.1. The van der Waals surface area contributed by atoms with Gasteiger partial charge >= 0.3 is 12.2 Å². The fraction of sp³-hybridized carbons (Fsp3) is 0.364. The summed E-state index contributed by atoms with van der Waals surface area (Å²) >= 11 is 0. The lowest BCUT2D eigenvalue weighted by Gasteiger charge is -2.17. The number of urea groups is 1. The number of hydrogen-bond donors (Lipinski definition) is 3. The van der Waals surface area contributed by atoms with Crippen LogP contribution in [0.1, 0.15) is 59.8 Å². The molecule has 3 amide bonds. The zero-order chi connectivity index (χ0) is 22.1. The highest BCUT2D eigenvalue weighted by atomic mass is 19.4. The summed E-state index contributed by atoms with van der Waals surface area (Å²) in [6.07, 6.45) is -2.52. The van der Waals surface area contributed by atoms with Crippen LogP contribution in [0.25, 0.3) is 0 Å². The topological polar surface area (TPSA) is 70.2 Å². The van der Waals surface area contributed by atoms with Crippen molar-refractivity contribution >= 4 is 11.9 Å². The number of hydrogen-bond acceptors (Lipinski definition) is 2. The van der Waals surface area contributed by atoms with Crippen LogP contribution in [0.3, 0.4) is 0 Å². The maximum Gasteiger partial charge on any atom is 0.416 e. The van der Waals surface area contributed by atoms with Gasteiger partial charge in [-0.15, -0.1) is 0 Å². The van der Waals surface area contributed by atoms with Crippen molar-refractivity contribution in [1.29, 1.82) is 0 Å². The lowest BCUT2D eigenvalue weighted by Crippen LogP contribution is -2.36.